The first kappa shape index (κ1) is 16.7. The molecule has 0 saturated heterocycles. The zero-order valence-corrected chi connectivity index (χ0v) is 13.3. The Morgan fingerprint density at radius 3 is 2.48 bits per heavy atom. The zero-order valence-electron chi connectivity index (χ0n) is 13.3. The van der Waals surface area contributed by atoms with E-state index in [1.807, 2.05) is 43.3 Å². The molecule has 2 rings (SSSR count). The van der Waals surface area contributed by atoms with Gasteiger partial charge in [-0.25, -0.2) is 0 Å². The number of nitrogens with one attached hydrogen (secondary N) is 2. The highest BCUT2D eigenvalue weighted by Gasteiger charge is 2.05. The number of benzene rings is 2. The van der Waals surface area contributed by atoms with E-state index in [4.69, 9.17) is 0 Å². The van der Waals surface area contributed by atoms with Crippen LogP contribution in [0.4, 0.5) is 0 Å². The Balaban J connectivity index is 1.62. The summed E-state index contributed by atoms with van der Waals surface area (Å²) >= 11 is 0. The molecule has 120 valence electrons. The molecule has 0 spiro atoms. The second-order valence-corrected chi connectivity index (χ2v) is 5.49. The molecule has 0 aliphatic carbocycles. The van der Waals surface area contributed by atoms with E-state index in [9.17, 15) is 9.59 Å². The van der Waals surface area contributed by atoms with Gasteiger partial charge in [-0.1, -0.05) is 48.0 Å². The highest BCUT2D eigenvalue weighted by molar-refractivity contribution is 5.94. The lowest BCUT2D eigenvalue weighted by atomic mass is 10.1. The molecule has 0 atom stereocenters. The quantitative estimate of drug-likeness (QED) is 0.773. The fourth-order valence-corrected chi connectivity index (χ4v) is 2.25. The molecule has 0 unspecified atom stereocenters. The van der Waals surface area contributed by atoms with Crippen molar-refractivity contribution in [2.45, 2.75) is 26.3 Å². The molecule has 0 heterocycles. The molecule has 0 saturated carbocycles. The first-order valence-corrected chi connectivity index (χ1v) is 7.80. The third kappa shape index (κ3) is 5.94. The predicted octanol–water partition coefficient (Wildman–Crippen LogP) is 2.82. The molecule has 0 aliphatic rings. The maximum atomic E-state index is 11.8. The van der Waals surface area contributed by atoms with Crippen molar-refractivity contribution in [1.29, 1.82) is 0 Å². The number of carbonyl (C=O) groups excluding carboxylic acids is 2. The number of amides is 2. The molecule has 23 heavy (non-hydrogen) atoms. The number of hydrogen-bond acceptors (Lipinski definition) is 2. The summed E-state index contributed by atoms with van der Waals surface area (Å²) in [5.74, 6) is -0.105. The van der Waals surface area contributed by atoms with Crippen molar-refractivity contribution in [2.24, 2.45) is 0 Å². The Morgan fingerprint density at radius 2 is 1.74 bits per heavy atom. The van der Waals surface area contributed by atoms with Crippen LogP contribution in [0.2, 0.25) is 0 Å². The Morgan fingerprint density at radius 1 is 0.957 bits per heavy atom. The molecular weight excluding hydrogens is 288 g/mol. The second kappa shape index (κ2) is 8.73. The summed E-state index contributed by atoms with van der Waals surface area (Å²) in [5, 5.41) is 5.71. The Hall–Kier alpha value is -2.62. The third-order valence-corrected chi connectivity index (χ3v) is 3.47. The number of rotatable bonds is 7. The molecule has 2 amide bonds. The standard InChI is InChI=1S/C19H22N2O2/c1-15-7-5-8-16(13-15)14-21-18(22)11-6-12-20-19(23)17-9-3-2-4-10-17/h2-5,7-10,13H,6,11-12,14H2,1H3,(H,20,23)(H,21,22). The molecule has 0 aromatic heterocycles. The van der Waals surface area contributed by atoms with Crippen molar-refractivity contribution >= 4 is 11.8 Å². The maximum Gasteiger partial charge on any atom is 0.251 e. The molecule has 2 aromatic rings. The lowest BCUT2D eigenvalue weighted by Gasteiger charge is -2.07. The first-order valence-electron chi connectivity index (χ1n) is 7.80. The van der Waals surface area contributed by atoms with Crippen LogP contribution in [0.5, 0.6) is 0 Å². The van der Waals surface area contributed by atoms with Crippen LogP contribution >= 0.6 is 0 Å². The highest BCUT2D eigenvalue weighted by Crippen LogP contribution is 2.03. The maximum absolute atomic E-state index is 11.8. The Kier molecular flexibility index (Phi) is 6.36. The molecular formula is C19H22N2O2. The molecule has 4 heteroatoms. The minimum absolute atomic E-state index is 0.000432. The molecule has 0 aliphatic heterocycles. The molecule has 0 bridgehead atoms. The first-order chi connectivity index (χ1) is 11.1. The van der Waals surface area contributed by atoms with E-state index in [1.165, 1.54) is 5.56 Å². The van der Waals surface area contributed by atoms with Crippen LogP contribution in [0.1, 0.15) is 34.3 Å². The third-order valence-electron chi connectivity index (χ3n) is 3.47. The van der Waals surface area contributed by atoms with Gasteiger partial charge in [0.2, 0.25) is 5.91 Å². The van der Waals surface area contributed by atoms with Gasteiger partial charge >= 0.3 is 0 Å². The van der Waals surface area contributed by atoms with Gasteiger partial charge < -0.3 is 10.6 Å². The van der Waals surface area contributed by atoms with E-state index in [-0.39, 0.29) is 11.8 Å². The van der Waals surface area contributed by atoms with Gasteiger partial charge in [0.05, 0.1) is 0 Å². The summed E-state index contributed by atoms with van der Waals surface area (Å²) in [6, 6.07) is 17.1. The molecule has 2 N–H and O–H groups in total. The Bertz CT molecular complexity index is 653. The van der Waals surface area contributed by atoms with E-state index in [1.54, 1.807) is 12.1 Å². The largest absolute Gasteiger partial charge is 0.352 e. The van der Waals surface area contributed by atoms with Crippen molar-refractivity contribution < 1.29 is 9.59 Å². The fraction of sp³-hybridized carbons (Fsp3) is 0.263. The van der Waals surface area contributed by atoms with Gasteiger partial charge in [-0.05, 0) is 31.0 Å². The Labute approximate surface area is 136 Å². The summed E-state index contributed by atoms with van der Waals surface area (Å²) in [6.07, 6.45) is 1.03. The van der Waals surface area contributed by atoms with Crippen LogP contribution in [0, 0.1) is 6.92 Å². The highest BCUT2D eigenvalue weighted by atomic mass is 16.2. The number of hydrogen-bond donors (Lipinski definition) is 2. The lowest BCUT2D eigenvalue weighted by Crippen LogP contribution is -2.27. The summed E-state index contributed by atoms with van der Waals surface area (Å²) in [6.45, 7) is 3.06. The number of aryl methyl sites for hydroxylation is 1. The molecule has 0 radical (unpaired) electrons. The van der Waals surface area contributed by atoms with Gasteiger partial charge in [0.1, 0.15) is 0 Å². The predicted molar refractivity (Wildman–Crippen MR) is 91.0 cm³/mol. The van der Waals surface area contributed by atoms with Gasteiger partial charge in [0.25, 0.3) is 5.91 Å². The minimum atomic E-state index is -0.106. The molecule has 2 aromatic carbocycles. The molecule has 0 fully saturated rings. The lowest BCUT2D eigenvalue weighted by molar-refractivity contribution is -0.121. The van der Waals surface area contributed by atoms with Crippen LogP contribution in [-0.2, 0) is 11.3 Å². The van der Waals surface area contributed by atoms with Gasteiger partial charge in [-0.2, -0.15) is 0 Å². The normalized spacial score (nSPS) is 10.1. The van der Waals surface area contributed by atoms with E-state index < -0.39 is 0 Å². The SMILES string of the molecule is Cc1cccc(CNC(=O)CCCNC(=O)c2ccccc2)c1. The van der Waals surface area contributed by atoms with Gasteiger partial charge in [0, 0.05) is 25.1 Å². The van der Waals surface area contributed by atoms with E-state index in [0.717, 1.165) is 5.56 Å². The zero-order chi connectivity index (χ0) is 16.5. The van der Waals surface area contributed by atoms with Crippen LogP contribution in [0.3, 0.4) is 0 Å². The van der Waals surface area contributed by atoms with E-state index >= 15 is 0 Å². The minimum Gasteiger partial charge on any atom is -0.352 e. The van der Waals surface area contributed by atoms with Crippen molar-refractivity contribution in [3.05, 3.63) is 71.3 Å². The van der Waals surface area contributed by atoms with Crippen LogP contribution in [0.15, 0.2) is 54.6 Å². The molecule has 4 nitrogen and oxygen atoms in total. The van der Waals surface area contributed by atoms with Crippen LogP contribution in [0.25, 0.3) is 0 Å². The summed E-state index contributed by atoms with van der Waals surface area (Å²) in [4.78, 5) is 23.6. The number of carbonyl (C=O) groups is 2. The smallest absolute Gasteiger partial charge is 0.251 e. The average Bonchev–Trinajstić information content (AvgIpc) is 2.57. The van der Waals surface area contributed by atoms with Crippen LogP contribution < -0.4 is 10.6 Å². The average molecular weight is 310 g/mol. The topological polar surface area (TPSA) is 58.2 Å². The van der Waals surface area contributed by atoms with Crippen LogP contribution in [-0.4, -0.2) is 18.4 Å². The van der Waals surface area contributed by atoms with Crippen molar-refractivity contribution in [3.8, 4) is 0 Å². The van der Waals surface area contributed by atoms with Crippen molar-refractivity contribution in [1.82, 2.24) is 10.6 Å². The van der Waals surface area contributed by atoms with Gasteiger partial charge in [0.15, 0.2) is 0 Å². The second-order valence-electron chi connectivity index (χ2n) is 5.49. The monoisotopic (exact) mass is 310 g/mol. The fourth-order valence-electron chi connectivity index (χ4n) is 2.25. The summed E-state index contributed by atoms with van der Waals surface area (Å²) in [5.41, 5.74) is 2.91. The van der Waals surface area contributed by atoms with Crippen molar-refractivity contribution in [2.75, 3.05) is 6.54 Å². The van der Waals surface area contributed by atoms with E-state index in [2.05, 4.69) is 16.7 Å². The summed E-state index contributed by atoms with van der Waals surface area (Å²) < 4.78 is 0. The van der Waals surface area contributed by atoms with Gasteiger partial charge in [-0.3, -0.25) is 9.59 Å². The summed E-state index contributed by atoms with van der Waals surface area (Å²) in [7, 11) is 0. The van der Waals surface area contributed by atoms with Crippen molar-refractivity contribution in [3.63, 3.8) is 0 Å². The van der Waals surface area contributed by atoms with E-state index in [0.29, 0.717) is 31.5 Å². The van der Waals surface area contributed by atoms with Gasteiger partial charge in [-0.15, -0.1) is 0 Å².